The maximum atomic E-state index is 12.0. The molecular formula is C11H8ClN3O3S. The second-order valence-electron chi connectivity index (χ2n) is 3.52. The summed E-state index contributed by atoms with van der Waals surface area (Å²) in [6.07, 6.45) is 3.01. The maximum Gasteiger partial charge on any atom is 0.264 e. The van der Waals surface area contributed by atoms with Crippen LogP contribution in [0.1, 0.15) is 10.4 Å². The fourth-order valence-corrected chi connectivity index (χ4v) is 2.33. The van der Waals surface area contributed by atoms with Crippen LogP contribution in [0.25, 0.3) is 0 Å². The Bertz CT molecular complexity index is 684. The number of carbonyl (C=O) groups is 1. The van der Waals surface area contributed by atoms with E-state index in [-0.39, 0.29) is 16.4 Å². The molecule has 1 N–H and O–H groups in total. The second kappa shape index (κ2) is 5.33. The van der Waals surface area contributed by atoms with Crippen molar-refractivity contribution in [3.63, 3.8) is 0 Å². The number of nitrogens with one attached hydrogen (secondary N) is 1. The Morgan fingerprint density at radius 3 is 2.21 bits per heavy atom. The monoisotopic (exact) mass is 297 g/mol. The summed E-state index contributed by atoms with van der Waals surface area (Å²) in [6, 6.07) is 5.66. The summed E-state index contributed by atoms with van der Waals surface area (Å²) in [5, 5.41) is 0.436. The first-order valence-corrected chi connectivity index (χ1v) is 6.93. The first kappa shape index (κ1) is 13.4. The van der Waals surface area contributed by atoms with Gasteiger partial charge in [0.1, 0.15) is 0 Å². The molecule has 1 heterocycles. The molecule has 1 aromatic heterocycles. The van der Waals surface area contributed by atoms with Crippen LogP contribution in [0.4, 0.5) is 5.95 Å². The third-order valence-electron chi connectivity index (χ3n) is 2.16. The lowest BCUT2D eigenvalue weighted by Gasteiger charge is -2.06. The Balaban J connectivity index is 2.25. The van der Waals surface area contributed by atoms with Crippen molar-refractivity contribution in [1.29, 1.82) is 0 Å². The first-order chi connectivity index (χ1) is 9.01. The molecule has 0 atom stereocenters. The van der Waals surface area contributed by atoms with Gasteiger partial charge in [-0.3, -0.25) is 4.79 Å². The summed E-state index contributed by atoms with van der Waals surface area (Å²) >= 11 is 5.68. The molecule has 0 radical (unpaired) electrons. The molecule has 98 valence electrons. The summed E-state index contributed by atoms with van der Waals surface area (Å²) in [4.78, 5) is 17.9. The zero-order valence-corrected chi connectivity index (χ0v) is 11.0. The van der Waals surface area contributed by atoms with Crippen LogP contribution in [0.3, 0.4) is 0 Å². The van der Waals surface area contributed by atoms with Crippen molar-refractivity contribution in [3.8, 4) is 0 Å². The van der Waals surface area contributed by atoms with Crippen LogP contribution >= 0.6 is 11.6 Å². The molecule has 0 fully saturated rings. The van der Waals surface area contributed by atoms with E-state index in [2.05, 4.69) is 14.7 Å². The summed E-state index contributed by atoms with van der Waals surface area (Å²) < 4.78 is 26.1. The Labute approximate surface area is 114 Å². The molecule has 0 unspecified atom stereocenters. The Hall–Kier alpha value is -1.99. The van der Waals surface area contributed by atoms with E-state index >= 15 is 0 Å². The lowest BCUT2D eigenvalue weighted by molar-refractivity contribution is 0.112. The Morgan fingerprint density at radius 2 is 1.68 bits per heavy atom. The summed E-state index contributed by atoms with van der Waals surface area (Å²) in [6.45, 7) is 0. The predicted octanol–water partition coefficient (Wildman–Crippen LogP) is 1.74. The van der Waals surface area contributed by atoms with Gasteiger partial charge >= 0.3 is 0 Å². The average Bonchev–Trinajstić information content (AvgIpc) is 2.40. The molecule has 1 aromatic carbocycles. The largest absolute Gasteiger partial charge is 0.298 e. The SMILES string of the molecule is O=Cc1cnc(NS(=O)(=O)c2ccc(Cl)cc2)nc1. The number of aldehydes is 1. The molecule has 6 nitrogen and oxygen atoms in total. The lowest BCUT2D eigenvalue weighted by atomic mass is 10.4. The van der Waals surface area contributed by atoms with Crippen LogP contribution in [0.5, 0.6) is 0 Å². The minimum atomic E-state index is -3.77. The fraction of sp³-hybridized carbons (Fsp3) is 0. The number of nitrogens with zero attached hydrogens (tertiary/aromatic N) is 2. The molecule has 0 saturated heterocycles. The van der Waals surface area contributed by atoms with E-state index in [1.165, 1.54) is 36.7 Å². The average molecular weight is 298 g/mol. The standard InChI is InChI=1S/C11H8ClN3O3S/c12-9-1-3-10(4-2-9)19(17,18)15-11-13-5-8(7-16)6-14-11/h1-7H,(H,13,14,15). The van der Waals surface area contributed by atoms with Crippen LogP contribution in [-0.4, -0.2) is 24.7 Å². The number of hydrogen-bond acceptors (Lipinski definition) is 5. The molecule has 0 saturated carbocycles. The van der Waals surface area contributed by atoms with Crippen molar-refractivity contribution in [2.45, 2.75) is 4.90 Å². The minimum absolute atomic E-state index is 0.0416. The first-order valence-electron chi connectivity index (χ1n) is 5.07. The third-order valence-corrected chi connectivity index (χ3v) is 3.75. The quantitative estimate of drug-likeness (QED) is 0.868. The van der Waals surface area contributed by atoms with Gasteiger partial charge in [-0.1, -0.05) is 11.6 Å². The highest BCUT2D eigenvalue weighted by molar-refractivity contribution is 7.92. The highest BCUT2D eigenvalue weighted by Gasteiger charge is 2.15. The molecule has 0 bridgehead atoms. The van der Waals surface area contributed by atoms with Crippen LogP contribution < -0.4 is 4.72 Å². The van der Waals surface area contributed by atoms with Gasteiger partial charge in [0, 0.05) is 17.4 Å². The van der Waals surface area contributed by atoms with E-state index in [9.17, 15) is 13.2 Å². The number of aromatic nitrogens is 2. The number of benzene rings is 1. The van der Waals surface area contributed by atoms with Crippen molar-refractivity contribution in [3.05, 3.63) is 47.2 Å². The predicted molar refractivity (Wildman–Crippen MR) is 69.7 cm³/mol. The van der Waals surface area contributed by atoms with Gasteiger partial charge in [0.05, 0.1) is 10.5 Å². The summed E-state index contributed by atoms with van der Waals surface area (Å²) in [5.41, 5.74) is 0.259. The molecule has 2 aromatic rings. The van der Waals surface area contributed by atoms with E-state index in [1.54, 1.807) is 0 Å². The molecular weight excluding hydrogens is 290 g/mol. The molecule has 0 aliphatic carbocycles. The molecule has 19 heavy (non-hydrogen) atoms. The number of hydrogen-bond donors (Lipinski definition) is 1. The summed E-state index contributed by atoms with van der Waals surface area (Å²) in [5.74, 6) is -0.111. The van der Waals surface area contributed by atoms with E-state index in [1.807, 2.05) is 0 Å². The molecule has 0 spiro atoms. The van der Waals surface area contributed by atoms with Crippen LogP contribution in [0, 0.1) is 0 Å². The van der Waals surface area contributed by atoms with E-state index in [0.29, 0.717) is 11.3 Å². The van der Waals surface area contributed by atoms with Gasteiger partial charge in [0.15, 0.2) is 6.29 Å². The topological polar surface area (TPSA) is 89.0 Å². The highest BCUT2D eigenvalue weighted by Crippen LogP contribution is 2.16. The number of sulfonamides is 1. The summed E-state index contributed by atoms with van der Waals surface area (Å²) in [7, 11) is -3.77. The van der Waals surface area contributed by atoms with E-state index in [0.717, 1.165) is 0 Å². The third kappa shape index (κ3) is 3.27. The fourth-order valence-electron chi connectivity index (χ4n) is 1.24. The van der Waals surface area contributed by atoms with Crippen molar-refractivity contribution < 1.29 is 13.2 Å². The lowest BCUT2D eigenvalue weighted by Crippen LogP contribution is -2.15. The van der Waals surface area contributed by atoms with Gasteiger partial charge in [0.25, 0.3) is 10.0 Å². The van der Waals surface area contributed by atoms with Gasteiger partial charge in [-0.05, 0) is 24.3 Å². The van der Waals surface area contributed by atoms with Crippen LogP contribution in [0.2, 0.25) is 5.02 Å². The number of carbonyl (C=O) groups excluding carboxylic acids is 1. The second-order valence-corrected chi connectivity index (χ2v) is 5.64. The van der Waals surface area contributed by atoms with Crippen LogP contribution in [-0.2, 0) is 10.0 Å². The molecule has 8 heteroatoms. The Kier molecular flexibility index (Phi) is 3.77. The zero-order valence-electron chi connectivity index (χ0n) is 9.45. The van der Waals surface area contributed by atoms with Crippen molar-refractivity contribution in [2.24, 2.45) is 0 Å². The van der Waals surface area contributed by atoms with Crippen molar-refractivity contribution in [1.82, 2.24) is 9.97 Å². The highest BCUT2D eigenvalue weighted by atomic mass is 35.5. The zero-order chi connectivity index (χ0) is 13.9. The smallest absolute Gasteiger partial charge is 0.264 e. The van der Waals surface area contributed by atoms with E-state index < -0.39 is 10.0 Å². The number of rotatable bonds is 4. The van der Waals surface area contributed by atoms with Gasteiger partial charge < -0.3 is 0 Å². The number of anilines is 1. The van der Waals surface area contributed by atoms with Gasteiger partial charge in [-0.25, -0.2) is 23.1 Å². The normalized spacial score (nSPS) is 11.0. The molecule has 2 rings (SSSR count). The Morgan fingerprint density at radius 1 is 1.11 bits per heavy atom. The molecule has 0 aliphatic rings. The van der Waals surface area contributed by atoms with Gasteiger partial charge in [-0.15, -0.1) is 0 Å². The number of halogens is 1. The molecule has 0 amide bonds. The van der Waals surface area contributed by atoms with Crippen LogP contribution in [0.15, 0.2) is 41.6 Å². The van der Waals surface area contributed by atoms with Gasteiger partial charge in [-0.2, -0.15) is 0 Å². The van der Waals surface area contributed by atoms with E-state index in [4.69, 9.17) is 11.6 Å². The maximum absolute atomic E-state index is 12.0. The minimum Gasteiger partial charge on any atom is -0.298 e. The van der Waals surface area contributed by atoms with Gasteiger partial charge in [0.2, 0.25) is 5.95 Å². The molecule has 0 aliphatic heterocycles. The van der Waals surface area contributed by atoms with Crippen molar-refractivity contribution >= 4 is 33.9 Å². The van der Waals surface area contributed by atoms with Crippen molar-refractivity contribution in [2.75, 3.05) is 4.72 Å².